The second kappa shape index (κ2) is 11.4. The maximum atomic E-state index is 12.8. The Balaban J connectivity index is 1.24. The number of hydrogen-bond acceptors (Lipinski definition) is 15. The normalized spacial score (nSPS) is 28.3. The van der Waals surface area contributed by atoms with Gasteiger partial charge in [0.2, 0.25) is 0 Å². The van der Waals surface area contributed by atoms with Gasteiger partial charge in [-0.1, -0.05) is 0 Å². The predicted octanol–water partition coefficient (Wildman–Crippen LogP) is -1.21. The molecule has 0 bridgehead atoms. The first-order valence-electron chi connectivity index (χ1n) is 11.9. The number of ether oxygens (including phenoxy) is 2. The van der Waals surface area contributed by atoms with E-state index >= 15 is 0 Å². The van der Waals surface area contributed by atoms with Crippen molar-refractivity contribution in [2.24, 2.45) is 0 Å². The third-order valence-electron chi connectivity index (χ3n) is 6.32. The summed E-state index contributed by atoms with van der Waals surface area (Å²) in [7, 11) is -9.83. The lowest BCUT2D eigenvalue weighted by atomic mass is 10.2. The first kappa shape index (κ1) is 29.6. The van der Waals surface area contributed by atoms with Crippen molar-refractivity contribution in [2.45, 2.75) is 49.7 Å². The Kier molecular flexibility index (Phi) is 8.25. The lowest BCUT2D eigenvalue weighted by Gasteiger charge is -2.22. The summed E-state index contributed by atoms with van der Waals surface area (Å²) in [5.74, 6) is 0.106. The number of fused-ring (bicyclic) bond motifs is 1. The molecule has 8 N–H and O–H groups in total. The Labute approximate surface area is 229 Å². The summed E-state index contributed by atoms with van der Waals surface area (Å²) in [4.78, 5) is 56.5. The molecule has 0 aliphatic carbocycles. The fraction of sp³-hybridized carbons (Fsp3) is 0.526. The number of hydrogen-bond donors (Lipinski definition) is 6. The summed E-state index contributed by atoms with van der Waals surface area (Å²) in [5.41, 5.74) is 11.2. The van der Waals surface area contributed by atoms with Crippen LogP contribution in [0.2, 0.25) is 0 Å². The highest BCUT2D eigenvalue weighted by Gasteiger charge is 2.44. The van der Waals surface area contributed by atoms with Crippen LogP contribution in [0.1, 0.15) is 25.3 Å². The maximum absolute atomic E-state index is 12.8. The molecule has 0 saturated carbocycles. The van der Waals surface area contributed by atoms with Gasteiger partial charge in [0, 0.05) is 19.0 Å². The second-order valence-corrected chi connectivity index (χ2v) is 11.8. The summed E-state index contributed by atoms with van der Waals surface area (Å²) in [5, 5.41) is 10.5. The fourth-order valence-electron chi connectivity index (χ4n) is 4.43. The average Bonchev–Trinajstić information content (AvgIpc) is 3.58. The van der Waals surface area contributed by atoms with Gasteiger partial charge in [-0.2, -0.15) is 4.98 Å². The van der Waals surface area contributed by atoms with E-state index in [4.69, 9.17) is 39.8 Å². The molecule has 5 heterocycles. The number of imidazole rings is 1. The van der Waals surface area contributed by atoms with Crippen LogP contribution in [-0.4, -0.2) is 86.5 Å². The van der Waals surface area contributed by atoms with Gasteiger partial charge in [-0.3, -0.25) is 22.7 Å². The lowest BCUT2D eigenvalue weighted by Crippen LogP contribution is -2.30. The van der Waals surface area contributed by atoms with Crippen molar-refractivity contribution in [3.8, 4) is 0 Å². The van der Waals surface area contributed by atoms with E-state index < -0.39 is 71.4 Å². The van der Waals surface area contributed by atoms with Crippen molar-refractivity contribution in [1.82, 2.24) is 29.1 Å². The highest BCUT2D eigenvalue weighted by Crippen LogP contribution is 2.49. The van der Waals surface area contributed by atoms with E-state index in [9.17, 15) is 23.9 Å². The van der Waals surface area contributed by atoms with Gasteiger partial charge in [0.1, 0.15) is 48.4 Å². The third-order valence-corrected chi connectivity index (χ3v) is 7.82. The number of aromatic nitrogens is 6. The van der Waals surface area contributed by atoms with Gasteiger partial charge in [0.25, 0.3) is 0 Å². The Morgan fingerprint density at radius 3 is 2.44 bits per heavy atom. The monoisotopic (exact) mass is 620 g/mol. The van der Waals surface area contributed by atoms with Crippen LogP contribution in [0.4, 0.5) is 11.6 Å². The summed E-state index contributed by atoms with van der Waals surface area (Å²) in [6, 6.07) is 1.31. The van der Waals surface area contributed by atoms with Gasteiger partial charge in [-0.25, -0.2) is 28.9 Å². The number of aliphatic hydroxyl groups is 1. The van der Waals surface area contributed by atoms with Crippen LogP contribution in [0.5, 0.6) is 0 Å². The highest BCUT2D eigenvalue weighted by atomic mass is 31.2. The molecule has 2 saturated heterocycles. The zero-order chi connectivity index (χ0) is 29.5. The van der Waals surface area contributed by atoms with Crippen molar-refractivity contribution in [2.75, 3.05) is 24.7 Å². The Morgan fingerprint density at radius 2 is 1.71 bits per heavy atom. The van der Waals surface area contributed by atoms with Crippen LogP contribution in [0.25, 0.3) is 11.2 Å². The van der Waals surface area contributed by atoms with Crippen LogP contribution in [0, 0.1) is 0 Å². The molecule has 0 amide bonds. The van der Waals surface area contributed by atoms with E-state index in [2.05, 4.69) is 24.5 Å². The van der Waals surface area contributed by atoms with Crippen LogP contribution in [0.3, 0.4) is 0 Å². The van der Waals surface area contributed by atoms with E-state index in [1.807, 2.05) is 0 Å². The van der Waals surface area contributed by atoms with Gasteiger partial charge in [0.05, 0.1) is 25.6 Å². The topological polar surface area (TPSA) is 292 Å². The van der Waals surface area contributed by atoms with E-state index in [0.717, 1.165) is 4.57 Å². The largest absolute Gasteiger partial charge is 0.472 e. The van der Waals surface area contributed by atoms with Crippen LogP contribution in [0.15, 0.2) is 29.7 Å². The molecular formula is C19H26N8O12P2. The molecule has 0 radical (unpaired) electrons. The Hall–Kier alpha value is -2.87. The average molecular weight is 620 g/mol. The molecule has 3 aromatic heterocycles. The quantitative estimate of drug-likeness (QED) is 0.145. The zero-order valence-corrected chi connectivity index (χ0v) is 22.7. The first-order valence-corrected chi connectivity index (χ1v) is 14.9. The van der Waals surface area contributed by atoms with E-state index in [1.165, 1.54) is 29.5 Å². The minimum atomic E-state index is -4.94. The van der Waals surface area contributed by atoms with Crippen molar-refractivity contribution in [1.29, 1.82) is 0 Å². The molecule has 20 nitrogen and oxygen atoms in total. The van der Waals surface area contributed by atoms with Crippen molar-refractivity contribution in [3.63, 3.8) is 0 Å². The highest BCUT2D eigenvalue weighted by molar-refractivity contribution is 7.47. The lowest BCUT2D eigenvalue weighted by molar-refractivity contribution is -0.0558. The molecule has 5 rings (SSSR count). The molecule has 2 fully saturated rings. The minimum absolute atomic E-state index is 0.0520. The Bertz CT molecular complexity index is 1560. The second-order valence-electron chi connectivity index (χ2n) is 9.12. The molecule has 2 aliphatic rings. The standard InChI is InChI=1S/C19H26N8O12P2/c20-13-1-2-26(19(29)25-13)15-4-10(12(38-15)6-35-40(30,31)32)39-41(33,34)36-5-11-9(28)3-14(37-11)27-8-24-16-17(21)22-7-23-18(16)27/h1-2,7-12,14-15,28H,3-6H2,(H,33,34)(H2,20,25,29)(H2,21,22,23)(H2,30,31,32)/t9-,10-,11-,12-,14-,15-/m1/s1. The van der Waals surface area contributed by atoms with E-state index in [0.29, 0.717) is 11.2 Å². The number of nitrogen functional groups attached to an aromatic ring is 2. The molecule has 3 aromatic rings. The predicted molar refractivity (Wildman–Crippen MR) is 134 cm³/mol. The first-order chi connectivity index (χ1) is 19.3. The van der Waals surface area contributed by atoms with Crippen molar-refractivity contribution < 1.29 is 52.0 Å². The van der Waals surface area contributed by atoms with Crippen LogP contribution in [-0.2, 0) is 32.2 Å². The van der Waals surface area contributed by atoms with Crippen LogP contribution < -0.4 is 17.2 Å². The fourth-order valence-corrected chi connectivity index (χ4v) is 5.73. The minimum Gasteiger partial charge on any atom is -0.390 e. The molecule has 0 aromatic carbocycles. The van der Waals surface area contributed by atoms with Crippen molar-refractivity contribution in [3.05, 3.63) is 35.4 Å². The molecule has 0 spiro atoms. The van der Waals surface area contributed by atoms with Gasteiger partial charge in [-0.15, -0.1) is 0 Å². The van der Waals surface area contributed by atoms with Gasteiger partial charge >= 0.3 is 21.3 Å². The molecule has 22 heteroatoms. The third kappa shape index (κ3) is 6.79. The van der Waals surface area contributed by atoms with Gasteiger partial charge in [0.15, 0.2) is 11.5 Å². The number of nitrogens with two attached hydrogens (primary N) is 2. The molecule has 1 unspecified atom stereocenters. The number of phosphoric ester groups is 2. The molecule has 7 atom stereocenters. The number of nitrogens with zero attached hydrogens (tertiary/aromatic N) is 6. The Morgan fingerprint density at radius 1 is 1.00 bits per heavy atom. The molecule has 224 valence electrons. The number of phosphoric acid groups is 2. The zero-order valence-electron chi connectivity index (χ0n) is 20.9. The summed E-state index contributed by atoms with van der Waals surface area (Å²) >= 11 is 0. The molecular weight excluding hydrogens is 594 g/mol. The number of rotatable bonds is 10. The van der Waals surface area contributed by atoms with Crippen molar-refractivity contribution >= 4 is 38.4 Å². The smallest absolute Gasteiger partial charge is 0.390 e. The number of aliphatic hydroxyl groups excluding tert-OH is 1. The molecule has 2 aliphatic heterocycles. The SMILES string of the molecule is Nc1ccn([C@H]2C[C@@H](OP(=O)(O)OC[C@H]3O[C@@H](n4cnc5c(N)ncnc54)C[C@H]3O)[C@@H](COP(=O)(O)O)O2)c(=O)n1. The van der Waals surface area contributed by atoms with Crippen LogP contribution >= 0.6 is 15.6 Å². The number of anilines is 2. The van der Waals surface area contributed by atoms with Gasteiger partial charge in [-0.05, 0) is 6.07 Å². The summed E-state index contributed by atoms with van der Waals surface area (Å²) in [6.45, 7) is -1.32. The summed E-state index contributed by atoms with van der Waals surface area (Å²) in [6.07, 6.45) is -2.86. The van der Waals surface area contributed by atoms with E-state index in [-0.39, 0.29) is 24.5 Å². The molecule has 41 heavy (non-hydrogen) atoms. The maximum Gasteiger partial charge on any atom is 0.472 e. The summed E-state index contributed by atoms with van der Waals surface area (Å²) < 4.78 is 52.8. The van der Waals surface area contributed by atoms with E-state index in [1.54, 1.807) is 0 Å². The van der Waals surface area contributed by atoms with Gasteiger partial charge < -0.3 is 40.7 Å².